The molecular formula is C10H15NO3S. The highest BCUT2D eigenvalue weighted by Gasteiger charge is 2.37. The maximum Gasteiger partial charge on any atom is 0.331 e. The lowest BCUT2D eigenvalue weighted by atomic mass is 9.90. The van der Waals surface area contributed by atoms with Crippen LogP contribution in [0, 0.1) is 5.41 Å². The van der Waals surface area contributed by atoms with Crippen LogP contribution in [-0.4, -0.2) is 35.7 Å². The van der Waals surface area contributed by atoms with Crippen LogP contribution >= 0.6 is 11.8 Å². The van der Waals surface area contributed by atoms with Crippen LogP contribution in [0.5, 0.6) is 0 Å². The Kier molecular flexibility index (Phi) is 3.54. The Morgan fingerprint density at radius 1 is 1.53 bits per heavy atom. The summed E-state index contributed by atoms with van der Waals surface area (Å²) in [6.45, 7) is 5.18. The highest BCUT2D eigenvalue weighted by Crippen LogP contribution is 2.32. The number of esters is 1. The molecule has 1 rings (SSSR count). The average Bonchev–Trinajstić information content (AvgIpc) is 2.65. The molecular weight excluding hydrogens is 214 g/mol. The first-order chi connectivity index (χ1) is 6.89. The maximum absolute atomic E-state index is 11.4. The Balaban J connectivity index is 2.83. The van der Waals surface area contributed by atoms with E-state index in [1.165, 1.54) is 25.8 Å². The Morgan fingerprint density at radius 2 is 2.13 bits per heavy atom. The van der Waals surface area contributed by atoms with E-state index in [0.717, 1.165) is 5.04 Å². The molecule has 1 aliphatic heterocycles. The van der Waals surface area contributed by atoms with E-state index in [1.807, 2.05) is 13.8 Å². The van der Waals surface area contributed by atoms with Crippen molar-refractivity contribution in [3.63, 3.8) is 0 Å². The molecule has 0 aliphatic carbocycles. The minimum absolute atomic E-state index is 0.0549. The Bertz CT molecular complexity index is 323. The first-order valence-corrected chi connectivity index (χ1v) is 5.68. The van der Waals surface area contributed by atoms with Crippen molar-refractivity contribution in [3.05, 3.63) is 0 Å². The van der Waals surface area contributed by atoms with Crippen molar-refractivity contribution < 1.29 is 14.3 Å². The van der Waals surface area contributed by atoms with Gasteiger partial charge in [0.1, 0.15) is 5.78 Å². The SMILES string of the molecule is COC(=O)[C@@H]1CSC(C(C)(C)C(C)=O)=N1. The molecule has 0 amide bonds. The number of hydrogen-bond acceptors (Lipinski definition) is 5. The average molecular weight is 229 g/mol. The van der Waals surface area contributed by atoms with Crippen LogP contribution in [0.15, 0.2) is 4.99 Å². The minimum Gasteiger partial charge on any atom is -0.467 e. The van der Waals surface area contributed by atoms with Gasteiger partial charge in [-0.2, -0.15) is 0 Å². The van der Waals surface area contributed by atoms with Crippen LogP contribution in [0.2, 0.25) is 0 Å². The Labute approximate surface area is 93.5 Å². The van der Waals surface area contributed by atoms with Crippen molar-refractivity contribution in [1.82, 2.24) is 0 Å². The summed E-state index contributed by atoms with van der Waals surface area (Å²) in [5, 5.41) is 0.727. The van der Waals surface area contributed by atoms with Crippen LogP contribution in [0.3, 0.4) is 0 Å². The molecule has 1 aliphatic rings. The molecule has 0 aromatic carbocycles. The van der Waals surface area contributed by atoms with Gasteiger partial charge < -0.3 is 4.74 Å². The highest BCUT2D eigenvalue weighted by atomic mass is 32.2. The second-order valence-electron chi connectivity index (χ2n) is 3.97. The van der Waals surface area contributed by atoms with Crippen molar-refractivity contribution >= 4 is 28.6 Å². The first kappa shape index (κ1) is 12.2. The predicted octanol–water partition coefficient (Wildman–Crippen LogP) is 1.29. The van der Waals surface area contributed by atoms with Crippen molar-refractivity contribution in [2.45, 2.75) is 26.8 Å². The lowest BCUT2D eigenvalue weighted by Crippen LogP contribution is -2.29. The van der Waals surface area contributed by atoms with Crippen molar-refractivity contribution in [3.8, 4) is 0 Å². The molecule has 5 heteroatoms. The van der Waals surface area contributed by atoms with Crippen LogP contribution in [0.4, 0.5) is 0 Å². The van der Waals surface area contributed by atoms with E-state index >= 15 is 0 Å². The standard InChI is InChI=1S/C10H15NO3S/c1-6(12)10(2,3)9-11-7(5-15-9)8(13)14-4/h7H,5H2,1-4H3/t7-/m0/s1. The topological polar surface area (TPSA) is 55.7 Å². The lowest BCUT2D eigenvalue weighted by molar-refractivity contribution is -0.141. The third-order valence-corrected chi connectivity index (χ3v) is 3.91. The molecule has 4 nitrogen and oxygen atoms in total. The molecule has 0 aromatic heterocycles. The van der Waals surface area contributed by atoms with Crippen LogP contribution in [0.1, 0.15) is 20.8 Å². The predicted molar refractivity (Wildman–Crippen MR) is 60.2 cm³/mol. The molecule has 15 heavy (non-hydrogen) atoms. The fourth-order valence-electron chi connectivity index (χ4n) is 1.12. The van der Waals surface area contributed by atoms with Gasteiger partial charge in [-0.3, -0.25) is 9.79 Å². The van der Waals surface area contributed by atoms with Crippen LogP contribution in [-0.2, 0) is 14.3 Å². The van der Waals surface area contributed by atoms with E-state index < -0.39 is 11.5 Å². The van der Waals surface area contributed by atoms with Gasteiger partial charge in [0.25, 0.3) is 0 Å². The molecule has 0 aromatic rings. The number of hydrogen-bond donors (Lipinski definition) is 0. The molecule has 1 atom stereocenters. The molecule has 0 spiro atoms. The van der Waals surface area contributed by atoms with E-state index in [0.29, 0.717) is 5.75 Å². The summed E-state index contributed by atoms with van der Waals surface area (Å²) < 4.78 is 4.61. The van der Waals surface area contributed by atoms with Gasteiger partial charge in [-0.15, -0.1) is 11.8 Å². The number of carbonyl (C=O) groups is 2. The van der Waals surface area contributed by atoms with E-state index in [-0.39, 0.29) is 11.8 Å². The zero-order valence-corrected chi connectivity index (χ0v) is 10.2. The normalized spacial score (nSPS) is 21.1. The molecule has 0 fully saturated rings. The molecule has 0 radical (unpaired) electrons. The number of ketones is 1. The van der Waals surface area contributed by atoms with Gasteiger partial charge in [0.2, 0.25) is 0 Å². The number of ether oxygens (including phenoxy) is 1. The van der Waals surface area contributed by atoms with Crippen molar-refractivity contribution in [2.75, 3.05) is 12.9 Å². The molecule has 0 bridgehead atoms. The summed E-state index contributed by atoms with van der Waals surface area (Å²) in [5.41, 5.74) is -0.590. The number of rotatable bonds is 3. The Morgan fingerprint density at radius 3 is 2.60 bits per heavy atom. The lowest BCUT2D eigenvalue weighted by Gasteiger charge is -2.19. The number of nitrogens with zero attached hydrogens (tertiary/aromatic N) is 1. The van der Waals surface area contributed by atoms with Crippen molar-refractivity contribution in [2.24, 2.45) is 10.4 Å². The van der Waals surface area contributed by atoms with Gasteiger partial charge >= 0.3 is 5.97 Å². The summed E-state index contributed by atoms with van der Waals surface area (Å²) in [4.78, 5) is 26.9. The molecule has 0 saturated heterocycles. The number of Topliss-reactive ketones (excluding diaryl/α,β-unsaturated/α-hetero) is 1. The fraction of sp³-hybridized carbons (Fsp3) is 0.700. The summed E-state index contributed by atoms with van der Waals surface area (Å²) in [7, 11) is 1.34. The molecule has 1 heterocycles. The number of methoxy groups -OCH3 is 1. The monoisotopic (exact) mass is 229 g/mol. The molecule has 0 N–H and O–H groups in total. The van der Waals surface area contributed by atoms with Gasteiger partial charge in [0.15, 0.2) is 6.04 Å². The highest BCUT2D eigenvalue weighted by molar-refractivity contribution is 8.14. The van der Waals surface area contributed by atoms with Gasteiger partial charge in [-0.05, 0) is 20.8 Å². The molecule has 0 saturated carbocycles. The summed E-state index contributed by atoms with van der Waals surface area (Å²) in [6.07, 6.45) is 0. The van der Waals surface area contributed by atoms with Crippen LogP contribution in [0.25, 0.3) is 0 Å². The summed E-state index contributed by atoms with van der Waals surface area (Å²) >= 11 is 1.46. The maximum atomic E-state index is 11.4. The third kappa shape index (κ3) is 2.40. The Hall–Kier alpha value is -0.840. The number of thioether (sulfide) groups is 1. The van der Waals surface area contributed by atoms with Gasteiger partial charge in [0, 0.05) is 5.75 Å². The van der Waals surface area contributed by atoms with Crippen LogP contribution < -0.4 is 0 Å². The number of aliphatic imine (C=N–C) groups is 1. The van der Waals surface area contributed by atoms with E-state index in [9.17, 15) is 9.59 Å². The summed E-state index contributed by atoms with van der Waals surface area (Å²) in [5.74, 6) is 0.287. The second kappa shape index (κ2) is 4.35. The zero-order chi connectivity index (χ0) is 11.6. The first-order valence-electron chi connectivity index (χ1n) is 4.69. The summed E-state index contributed by atoms with van der Waals surface area (Å²) in [6, 6.07) is -0.450. The molecule has 84 valence electrons. The minimum atomic E-state index is -0.590. The van der Waals surface area contributed by atoms with E-state index in [2.05, 4.69) is 9.73 Å². The second-order valence-corrected chi connectivity index (χ2v) is 4.97. The van der Waals surface area contributed by atoms with Gasteiger partial charge in [-0.25, -0.2) is 4.79 Å². The zero-order valence-electron chi connectivity index (χ0n) is 9.36. The molecule has 0 unspecified atom stereocenters. The number of carbonyl (C=O) groups excluding carboxylic acids is 2. The van der Waals surface area contributed by atoms with Gasteiger partial charge in [0.05, 0.1) is 17.6 Å². The van der Waals surface area contributed by atoms with Gasteiger partial charge in [-0.1, -0.05) is 0 Å². The smallest absolute Gasteiger partial charge is 0.331 e. The van der Waals surface area contributed by atoms with E-state index in [1.54, 1.807) is 0 Å². The quantitative estimate of drug-likeness (QED) is 0.684. The van der Waals surface area contributed by atoms with E-state index in [4.69, 9.17) is 0 Å². The third-order valence-electron chi connectivity index (χ3n) is 2.54. The van der Waals surface area contributed by atoms with Crippen molar-refractivity contribution in [1.29, 1.82) is 0 Å². The fourth-order valence-corrected chi connectivity index (χ4v) is 2.36. The largest absolute Gasteiger partial charge is 0.467 e.